The molecule has 0 amide bonds. The SMILES string of the molecule is FC1=C=C(Br)C=C(C(F)(F)F)C1. The molecule has 1 aliphatic rings. The van der Waals surface area contributed by atoms with E-state index in [1.807, 2.05) is 0 Å². The maximum atomic E-state index is 12.4. The Morgan fingerprint density at radius 3 is 2.42 bits per heavy atom. The van der Waals surface area contributed by atoms with Crippen molar-refractivity contribution in [2.45, 2.75) is 12.6 Å². The van der Waals surface area contributed by atoms with Crippen molar-refractivity contribution in [3.05, 3.63) is 27.7 Å². The fourth-order valence-corrected chi connectivity index (χ4v) is 1.25. The molecule has 0 atom stereocenters. The fraction of sp³-hybridized carbons (Fsp3) is 0.286. The molecule has 5 heteroatoms. The van der Waals surface area contributed by atoms with E-state index in [1.165, 1.54) is 0 Å². The van der Waals surface area contributed by atoms with E-state index in [4.69, 9.17) is 0 Å². The van der Waals surface area contributed by atoms with E-state index in [1.54, 1.807) is 0 Å². The van der Waals surface area contributed by atoms with E-state index in [9.17, 15) is 17.6 Å². The molecule has 0 aliphatic heterocycles. The maximum Gasteiger partial charge on any atom is 0.413 e. The Morgan fingerprint density at radius 1 is 1.42 bits per heavy atom. The lowest BCUT2D eigenvalue weighted by Gasteiger charge is -2.11. The van der Waals surface area contributed by atoms with Crippen molar-refractivity contribution in [1.29, 1.82) is 0 Å². The Balaban J connectivity index is 2.98. The zero-order chi connectivity index (χ0) is 9.35. The largest absolute Gasteiger partial charge is 0.413 e. The van der Waals surface area contributed by atoms with Crippen molar-refractivity contribution < 1.29 is 17.6 Å². The highest BCUT2D eigenvalue weighted by atomic mass is 79.9. The van der Waals surface area contributed by atoms with Crippen LogP contribution in [0.2, 0.25) is 0 Å². The van der Waals surface area contributed by atoms with Crippen LogP contribution in [-0.2, 0) is 0 Å². The Labute approximate surface area is 74.4 Å². The van der Waals surface area contributed by atoms with E-state index in [0.29, 0.717) is 0 Å². The topological polar surface area (TPSA) is 0 Å². The molecule has 0 N–H and O–H groups in total. The highest BCUT2D eigenvalue weighted by molar-refractivity contribution is 9.11. The lowest BCUT2D eigenvalue weighted by Crippen LogP contribution is -2.13. The number of hydrogen-bond donors (Lipinski definition) is 0. The fourth-order valence-electron chi connectivity index (χ4n) is 0.763. The predicted molar refractivity (Wildman–Crippen MR) is 39.3 cm³/mol. The molecule has 0 spiro atoms. The molecular weight excluding hydrogens is 240 g/mol. The molecule has 1 rings (SSSR count). The molecule has 12 heavy (non-hydrogen) atoms. The predicted octanol–water partition coefficient (Wildman–Crippen LogP) is 3.61. The molecule has 0 radical (unpaired) electrons. The number of allylic oxidation sites excluding steroid dienone is 3. The minimum Gasteiger partial charge on any atom is -0.202 e. The van der Waals surface area contributed by atoms with E-state index in [0.717, 1.165) is 6.08 Å². The molecule has 0 aromatic rings. The zero-order valence-electron chi connectivity index (χ0n) is 5.67. The third-order valence-corrected chi connectivity index (χ3v) is 1.69. The molecule has 0 heterocycles. The summed E-state index contributed by atoms with van der Waals surface area (Å²) in [5, 5.41) is 0. The average Bonchev–Trinajstić information content (AvgIpc) is 1.82. The number of halogens is 5. The highest BCUT2D eigenvalue weighted by Gasteiger charge is 2.34. The minimum absolute atomic E-state index is 0.0152. The van der Waals surface area contributed by atoms with Crippen LogP contribution in [0.3, 0.4) is 0 Å². The van der Waals surface area contributed by atoms with Gasteiger partial charge in [0.15, 0.2) is 0 Å². The standard InChI is InChI=1S/C7H3BrF4/c8-5-1-4(7(10,11)12)2-6(9)3-5/h1H,2H2. The van der Waals surface area contributed by atoms with Gasteiger partial charge in [0.05, 0.1) is 4.48 Å². The van der Waals surface area contributed by atoms with Gasteiger partial charge in [-0.3, -0.25) is 0 Å². The molecule has 0 bridgehead atoms. The van der Waals surface area contributed by atoms with Crippen LogP contribution in [-0.4, -0.2) is 6.18 Å². The smallest absolute Gasteiger partial charge is 0.202 e. The number of hydrogen-bond acceptors (Lipinski definition) is 0. The van der Waals surface area contributed by atoms with Crippen molar-refractivity contribution in [1.82, 2.24) is 0 Å². The molecule has 0 fully saturated rings. The highest BCUT2D eigenvalue weighted by Crippen LogP contribution is 2.34. The van der Waals surface area contributed by atoms with Gasteiger partial charge in [-0.15, -0.1) is 0 Å². The summed E-state index contributed by atoms with van der Waals surface area (Å²) in [6.45, 7) is 0. The van der Waals surface area contributed by atoms with Gasteiger partial charge in [-0.2, -0.15) is 13.2 Å². The van der Waals surface area contributed by atoms with Crippen molar-refractivity contribution in [2.24, 2.45) is 0 Å². The molecule has 66 valence electrons. The number of rotatable bonds is 0. The normalized spacial score (nSPS) is 18.2. The zero-order valence-corrected chi connectivity index (χ0v) is 7.26. The first-order chi connectivity index (χ1) is 5.39. The monoisotopic (exact) mass is 242 g/mol. The van der Waals surface area contributed by atoms with Gasteiger partial charge in [0, 0.05) is 12.0 Å². The van der Waals surface area contributed by atoms with Crippen LogP contribution < -0.4 is 0 Å². The number of alkyl halides is 3. The summed E-state index contributed by atoms with van der Waals surface area (Å²) >= 11 is 2.73. The summed E-state index contributed by atoms with van der Waals surface area (Å²) < 4.78 is 48.3. The third-order valence-electron chi connectivity index (χ3n) is 1.27. The van der Waals surface area contributed by atoms with Gasteiger partial charge in [0.1, 0.15) is 5.83 Å². The summed E-state index contributed by atoms with van der Waals surface area (Å²) in [7, 11) is 0. The molecule has 0 unspecified atom stereocenters. The van der Waals surface area contributed by atoms with Crippen molar-refractivity contribution in [3.8, 4) is 0 Å². The van der Waals surface area contributed by atoms with Crippen molar-refractivity contribution in [3.63, 3.8) is 0 Å². The second-order valence-corrected chi connectivity index (χ2v) is 3.08. The first kappa shape index (κ1) is 9.55. The van der Waals surface area contributed by atoms with Crippen LogP contribution in [0.25, 0.3) is 0 Å². The van der Waals surface area contributed by atoms with Gasteiger partial charge in [-0.25, -0.2) is 4.39 Å². The molecular formula is C7H3BrF4. The van der Waals surface area contributed by atoms with Crippen LogP contribution in [0.15, 0.2) is 27.7 Å². The van der Waals surface area contributed by atoms with Gasteiger partial charge >= 0.3 is 6.18 Å². The van der Waals surface area contributed by atoms with Gasteiger partial charge < -0.3 is 0 Å². The lowest BCUT2D eigenvalue weighted by atomic mass is 10.1. The summed E-state index contributed by atoms with van der Waals surface area (Å²) in [6, 6.07) is 0. The summed E-state index contributed by atoms with van der Waals surface area (Å²) in [5.74, 6) is -0.906. The second-order valence-electron chi connectivity index (χ2n) is 2.22. The summed E-state index contributed by atoms with van der Waals surface area (Å²) in [4.78, 5) is 0. The molecule has 0 nitrogen and oxygen atoms in total. The van der Waals surface area contributed by atoms with Gasteiger partial charge in [0.2, 0.25) is 0 Å². The van der Waals surface area contributed by atoms with Crippen LogP contribution in [0.4, 0.5) is 17.6 Å². The second kappa shape index (κ2) is 3.07. The van der Waals surface area contributed by atoms with Crippen molar-refractivity contribution in [2.75, 3.05) is 0 Å². The maximum absolute atomic E-state index is 12.4. The minimum atomic E-state index is -4.46. The Morgan fingerprint density at radius 2 is 2.00 bits per heavy atom. The molecule has 0 saturated carbocycles. The first-order valence-electron chi connectivity index (χ1n) is 2.98. The quantitative estimate of drug-likeness (QED) is 0.450. The van der Waals surface area contributed by atoms with Crippen LogP contribution >= 0.6 is 15.9 Å². The van der Waals surface area contributed by atoms with E-state index < -0.39 is 24.0 Å². The average molecular weight is 243 g/mol. The van der Waals surface area contributed by atoms with Crippen LogP contribution in [0.5, 0.6) is 0 Å². The molecule has 0 aromatic heterocycles. The Bertz CT molecular complexity index is 291. The van der Waals surface area contributed by atoms with Crippen LogP contribution in [0, 0.1) is 0 Å². The van der Waals surface area contributed by atoms with Crippen molar-refractivity contribution >= 4 is 15.9 Å². The molecule has 0 saturated heterocycles. The lowest BCUT2D eigenvalue weighted by molar-refractivity contribution is -0.0936. The summed E-state index contributed by atoms with van der Waals surface area (Å²) in [6.07, 6.45) is -4.36. The first-order valence-corrected chi connectivity index (χ1v) is 3.77. The van der Waals surface area contributed by atoms with Gasteiger partial charge in [-0.05, 0) is 22.0 Å². The van der Waals surface area contributed by atoms with E-state index in [-0.39, 0.29) is 4.48 Å². The van der Waals surface area contributed by atoms with Crippen LogP contribution in [0.1, 0.15) is 6.42 Å². The van der Waals surface area contributed by atoms with Gasteiger partial charge in [-0.1, -0.05) is 5.73 Å². The van der Waals surface area contributed by atoms with E-state index >= 15 is 0 Å². The Hall–Kier alpha value is -0.540. The van der Waals surface area contributed by atoms with E-state index in [2.05, 4.69) is 21.7 Å². The Kier molecular flexibility index (Phi) is 2.44. The summed E-state index contributed by atoms with van der Waals surface area (Å²) in [5.41, 5.74) is 1.19. The molecule has 1 aliphatic carbocycles. The third kappa shape index (κ3) is 2.22. The van der Waals surface area contributed by atoms with Gasteiger partial charge in [0.25, 0.3) is 0 Å². The molecule has 0 aromatic carbocycles.